The van der Waals surface area contributed by atoms with Crippen LogP contribution in [0.1, 0.15) is 24.8 Å². The van der Waals surface area contributed by atoms with Crippen LogP contribution < -0.4 is 4.90 Å². The van der Waals surface area contributed by atoms with Gasteiger partial charge in [-0.1, -0.05) is 12.5 Å². The molecule has 3 rings (SSSR count). The van der Waals surface area contributed by atoms with E-state index in [4.69, 9.17) is 0 Å². The zero-order valence-electron chi connectivity index (χ0n) is 10.8. The highest BCUT2D eigenvalue weighted by Gasteiger charge is 2.29. The van der Waals surface area contributed by atoms with Crippen molar-refractivity contribution in [1.82, 2.24) is 9.88 Å². The van der Waals surface area contributed by atoms with Crippen molar-refractivity contribution in [2.75, 3.05) is 31.1 Å². The Morgan fingerprint density at radius 3 is 3.11 bits per heavy atom. The molecule has 2 aliphatic rings. The second-order valence-corrected chi connectivity index (χ2v) is 5.28. The summed E-state index contributed by atoms with van der Waals surface area (Å²) in [5, 5.41) is 9.40. The van der Waals surface area contributed by atoms with E-state index < -0.39 is 0 Å². The third kappa shape index (κ3) is 2.22. The summed E-state index contributed by atoms with van der Waals surface area (Å²) >= 11 is 0. The second kappa shape index (κ2) is 5.24. The van der Waals surface area contributed by atoms with Crippen molar-refractivity contribution >= 4 is 5.82 Å². The Bertz CT molecular complexity index is 410. The maximum absolute atomic E-state index is 9.40. The molecule has 1 unspecified atom stereocenters. The predicted octanol–water partition coefficient (Wildman–Crippen LogP) is 1.25. The molecule has 2 fully saturated rings. The Balaban J connectivity index is 1.77. The van der Waals surface area contributed by atoms with Gasteiger partial charge in [0.1, 0.15) is 5.82 Å². The number of piperazine rings is 1. The molecule has 4 heteroatoms. The van der Waals surface area contributed by atoms with E-state index in [1.807, 2.05) is 18.3 Å². The standard InChI is InChI=1S/C14H21N3O/c18-11-12-4-3-6-15-14(12)17-9-8-16-7-2-1-5-13(16)10-17/h3-4,6,13,18H,1-2,5,7-11H2. The zero-order valence-corrected chi connectivity index (χ0v) is 10.8. The van der Waals surface area contributed by atoms with Gasteiger partial charge in [0, 0.05) is 37.4 Å². The van der Waals surface area contributed by atoms with Crippen LogP contribution in [-0.2, 0) is 6.61 Å². The Labute approximate surface area is 108 Å². The second-order valence-electron chi connectivity index (χ2n) is 5.28. The Morgan fingerprint density at radius 1 is 1.28 bits per heavy atom. The first kappa shape index (κ1) is 11.9. The van der Waals surface area contributed by atoms with Gasteiger partial charge in [-0.15, -0.1) is 0 Å². The van der Waals surface area contributed by atoms with Crippen LogP contribution in [0.25, 0.3) is 0 Å². The molecule has 0 spiro atoms. The highest BCUT2D eigenvalue weighted by molar-refractivity contribution is 5.47. The van der Waals surface area contributed by atoms with Crippen molar-refractivity contribution in [2.45, 2.75) is 31.9 Å². The summed E-state index contributed by atoms with van der Waals surface area (Å²) in [5.74, 6) is 0.977. The fourth-order valence-corrected chi connectivity index (χ4v) is 3.19. The molecule has 3 heterocycles. The first-order valence-corrected chi connectivity index (χ1v) is 6.92. The van der Waals surface area contributed by atoms with Gasteiger partial charge in [-0.25, -0.2) is 4.98 Å². The van der Waals surface area contributed by atoms with Crippen molar-refractivity contribution in [3.8, 4) is 0 Å². The van der Waals surface area contributed by atoms with Gasteiger partial charge < -0.3 is 10.0 Å². The van der Waals surface area contributed by atoms with Crippen LogP contribution in [-0.4, -0.2) is 47.2 Å². The first-order valence-electron chi connectivity index (χ1n) is 6.92. The molecule has 0 aromatic carbocycles. The third-order valence-electron chi connectivity index (χ3n) is 4.17. The fraction of sp³-hybridized carbons (Fsp3) is 0.643. The van der Waals surface area contributed by atoms with Crippen molar-refractivity contribution in [3.05, 3.63) is 23.9 Å². The number of aromatic nitrogens is 1. The molecule has 2 saturated heterocycles. The van der Waals surface area contributed by atoms with Gasteiger partial charge in [0.15, 0.2) is 0 Å². The van der Waals surface area contributed by atoms with Crippen molar-refractivity contribution in [1.29, 1.82) is 0 Å². The number of pyridine rings is 1. The molecule has 0 radical (unpaired) electrons. The van der Waals surface area contributed by atoms with Crippen LogP contribution in [0.3, 0.4) is 0 Å². The van der Waals surface area contributed by atoms with Crippen LogP contribution in [0.2, 0.25) is 0 Å². The summed E-state index contributed by atoms with van der Waals surface area (Å²) in [6.07, 6.45) is 5.82. The lowest BCUT2D eigenvalue weighted by atomic mass is 9.99. The number of piperidine rings is 1. The number of hydrogen-bond acceptors (Lipinski definition) is 4. The molecule has 2 aliphatic heterocycles. The fourth-order valence-electron chi connectivity index (χ4n) is 3.19. The van der Waals surface area contributed by atoms with Crippen LogP contribution in [0.4, 0.5) is 5.82 Å². The zero-order chi connectivity index (χ0) is 12.4. The molecule has 0 amide bonds. The number of hydrogen-bond donors (Lipinski definition) is 1. The number of anilines is 1. The summed E-state index contributed by atoms with van der Waals surface area (Å²) in [7, 11) is 0. The molecular weight excluding hydrogens is 226 g/mol. The molecule has 4 nitrogen and oxygen atoms in total. The van der Waals surface area contributed by atoms with Gasteiger partial charge in [-0.3, -0.25) is 4.90 Å². The summed E-state index contributed by atoms with van der Waals surface area (Å²) in [6.45, 7) is 4.55. The molecule has 0 bridgehead atoms. The number of nitrogens with zero attached hydrogens (tertiary/aromatic N) is 3. The number of rotatable bonds is 2. The lowest BCUT2D eigenvalue weighted by Crippen LogP contribution is -2.55. The molecule has 1 atom stereocenters. The Hall–Kier alpha value is -1.13. The average Bonchev–Trinajstić information content (AvgIpc) is 2.46. The predicted molar refractivity (Wildman–Crippen MR) is 71.6 cm³/mol. The smallest absolute Gasteiger partial charge is 0.134 e. The highest BCUT2D eigenvalue weighted by Crippen LogP contribution is 2.25. The topological polar surface area (TPSA) is 39.6 Å². The van der Waals surface area contributed by atoms with E-state index in [0.29, 0.717) is 6.04 Å². The summed E-state index contributed by atoms with van der Waals surface area (Å²) in [5.41, 5.74) is 0.946. The molecule has 1 aromatic rings. The van der Waals surface area contributed by atoms with Gasteiger partial charge in [0.25, 0.3) is 0 Å². The molecule has 98 valence electrons. The van der Waals surface area contributed by atoms with E-state index in [2.05, 4.69) is 14.8 Å². The minimum Gasteiger partial charge on any atom is -0.392 e. The van der Waals surface area contributed by atoms with Gasteiger partial charge >= 0.3 is 0 Å². The van der Waals surface area contributed by atoms with Crippen LogP contribution in [0.5, 0.6) is 0 Å². The maximum atomic E-state index is 9.40. The minimum absolute atomic E-state index is 0.0774. The lowest BCUT2D eigenvalue weighted by Gasteiger charge is -2.44. The maximum Gasteiger partial charge on any atom is 0.134 e. The van der Waals surface area contributed by atoms with E-state index in [1.54, 1.807) is 0 Å². The molecule has 1 N–H and O–H groups in total. The summed E-state index contributed by atoms with van der Waals surface area (Å²) < 4.78 is 0. The molecule has 0 saturated carbocycles. The largest absolute Gasteiger partial charge is 0.392 e. The van der Waals surface area contributed by atoms with Crippen molar-refractivity contribution in [3.63, 3.8) is 0 Å². The van der Waals surface area contributed by atoms with Crippen molar-refractivity contribution in [2.24, 2.45) is 0 Å². The van der Waals surface area contributed by atoms with Gasteiger partial charge in [0.2, 0.25) is 0 Å². The number of fused-ring (bicyclic) bond motifs is 1. The van der Waals surface area contributed by atoms with E-state index in [9.17, 15) is 5.11 Å². The SMILES string of the molecule is OCc1cccnc1N1CCN2CCCCC2C1. The first-order chi connectivity index (χ1) is 8.88. The van der Waals surface area contributed by atoms with E-state index in [0.717, 1.165) is 31.0 Å². The van der Waals surface area contributed by atoms with Crippen LogP contribution >= 0.6 is 0 Å². The van der Waals surface area contributed by atoms with E-state index >= 15 is 0 Å². The van der Waals surface area contributed by atoms with Gasteiger partial charge in [-0.05, 0) is 25.5 Å². The Morgan fingerprint density at radius 2 is 2.22 bits per heavy atom. The quantitative estimate of drug-likeness (QED) is 0.854. The number of aliphatic hydroxyl groups excluding tert-OH is 1. The van der Waals surface area contributed by atoms with E-state index in [1.165, 1.54) is 25.8 Å². The monoisotopic (exact) mass is 247 g/mol. The minimum atomic E-state index is 0.0774. The van der Waals surface area contributed by atoms with Gasteiger partial charge in [0.05, 0.1) is 6.61 Å². The summed E-state index contributed by atoms with van der Waals surface area (Å²) in [6, 6.07) is 4.54. The van der Waals surface area contributed by atoms with Crippen LogP contribution in [0, 0.1) is 0 Å². The third-order valence-corrected chi connectivity index (χ3v) is 4.17. The van der Waals surface area contributed by atoms with Crippen LogP contribution in [0.15, 0.2) is 18.3 Å². The number of aliphatic hydroxyl groups is 1. The van der Waals surface area contributed by atoms with Gasteiger partial charge in [-0.2, -0.15) is 0 Å². The lowest BCUT2D eigenvalue weighted by molar-refractivity contribution is 0.133. The molecule has 0 aliphatic carbocycles. The molecule has 1 aromatic heterocycles. The average molecular weight is 247 g/mol. The summed E-state index contributed by atoms with van der Waals surface area (Å²) in [4.78, 5) is 9.42. The van der Waals surface area contributed by atoms with Crippen molar-refractivity contribution < 1.29 is 5.11 Å². The normalized spacial score (nSPS) is 24.9. The Kier molecular flexibility index (Phi) is 3.48. The van der Waals surface area contributed by atoms with E-state index in [-0.39, 0.29) is 6.61 Å². The molecular formula is C14H21N3O. The highest BCUT2D eigenvalue weighted by atomic mass is 16.3. The molecule has 18 heavy (non-hydrogen) atoms.